The first-order valence-electron chi connectivity index (χ1n) is 3.34. The first kappa shape index (κ1) is 9.73. The largest absolute Gasteiger partial charge is 0.361 e. The van der Waals surface area contributed by atoms with Gasteiger partial charge in [0.1, 0.15) is 0 Å². The van der Waals surface area contributed by atoms with E-state index < -0.39 is 19.3 Å². The Kier molecular flexibility index (Phi) is 1.32. The minimum absolute atomic E-state index is 0.586. The fourth-order valence-electron chi connectivity index (χ4n) is 0.777. The zero-order chi connectivity index (χ0) is 9.85. The lowest BCUT2D eigenvalue weighted by Gasteiger charge is -2.47. The monoisotopic (exact) mass is 210 g/mol. The second-order valence-electron chi connectivity index (χ2n) is 4.92. The molecule has 2 N–H and O–H groups in total. The molecule has 0 aromatic carbocycles. The van der Waals surface area contributed by atoms with E-state index in [1.54, 1.807) is 0 Å². The number of nitrogens with two attached hydrogens (primary N) is 1. The summed E-state index contributed by atoms with van der Waals surface area (Å²) in [5, 5.41) is 0. The number of carbonyl (C=O) groups is 2. The Bertz CT molecular complexity index is 289. The molecule has 1 saturated heterocycles. The molecular formula is C6H14N2O2S2. The SMILES string of the molecule is CS1(C)(C)(C)SN1C(=O)C(N)=O. The van der Waals surface area contributed by atoms with E-state index in [1.165, 1.54) is 14.7 Å². The second-order valence-corrected chi connectivity index (χ2v) is 18.8. The molecule has 1 aliphatic rings. The van der Waals surface area contributed by atoms with Crippen LogP contribution in [0, 0.1) is 0 Å². The van der Waals surface area contributed by atoms with Gasteiger partial charge in [0, 0.05) is 11.0 Å². The number of amides is 2. The van der Waals surface area contributed by atoms with Gasteiger partial charge in [-0.25, -0.2) is 3.71 Å². The summed E-state index contributed by atoms with van der Waals surface area (Å²) < 4.78 is 1.52. The number of hydrogen-bond donors (Lipinski definition) is 1. The maximum atomic E-state index is 11.2. The van der Waals surface area contributed by atoms with Crippen molar-refractivity contribution in [2.45, 2.75) is 0 Å². The predicted octanol–water partition coefficient (Wildman–Crippen LogP) is 0.187. The first-order chi connectivity index (χ1) is 4.96. The van der Waals surface area contributed by atoms with Crippen molar-refractivity contribution >= 4 is 30.3 Å². The molecular weight excluding hydrogens is 196 g/mol. The highest BCUT2D eigenvalue weighted by atomic mass is 33.3. The molecule has 1 aliphatic heterocycles. The fraction of sp³-hybridized carbons (Fsp3) is 0.667. The van der Waals surface area contributed by atoms with Gasteiger partial charge >= 0.3 is 11.8 Å². The van der Waals surface area contributed by atoms with Crippen molar-refractivity contribution in [1.29, 1.82) is 0 Å². The van der Waals surface area contributed by atoms with Crippen molar-refractivity contribution in [3.63, 3.8) is 0 Å². The van der Waals surface area contributed by atoms with E-state index in [1.807, 2.05) is 25.0 Å². The van der Waals surface area contributed by atoms with Crippen molar-refractivity contribution in [3.8, 4) is 0 Å². The molecule has 0 spiro atoms. The number of primary amides is 1. The van der Waals surface area contributed by atoms with Crippen LogP contribution in [-0.4, -0.2) is 40.5 Å². The van der Waals surface area contributed by atoms with Gasteiger partial charge in [0.25, 0.3) is 0 Å². The van der Waals surface area contributed by atoms with Gasteiger partial charge in [0.2, 0.25) is 0 Å². The zero-order valence-electron chi connectivity index (χ0n) is 7.66. The summed E-state index contributed by atoms with van der Waals surface area (Å²) in [5.41, 5.74) is 4.89. The van der Waals surface area contributed by atoms with Gasteiger partial charge in [-0.05, 0) is 25.0 Å². The summed E-state index contributed by atoms with van der Waals surface area (Å²) in [5.74, 6) is -1.46. The van der Waals surface area contributed by atoms with Gasteiger partial charge in [-0.3, -0.25) is 9.59 Å². The standard InChI is InChI=1S/C6H14N2O2S2/c1-12(2,3,4)8(11-12)6(10)5(7)9/h1-4H3,(H2,7,9). The smallest absolute Gasteiger partial charge is 0.330 e. The second kappa shape index (κ2) is 1.63. The summed E-state index contributed by atoms with van der Waals surface area (Å²) in [4.78, 5) is 21.8. The maximum absolute atomic E-state index is 11.2. The third-order valence-corrected chi connectivity index (χ3v) is 8.51. The fourth-order valence-corrected chi connectivity index (χ4v) is 6.65. The number of rotatable bonds is 0. The van der Waals surface area contributed by atoms with Gasteiger partial charge in [-0.2, -0.15) is 7.51 Å². The van der Waals surface area contributed by atoms with E-state index >= 15 is 0 Å². The lowest BCUT2D eigenvalue weighted by molar-refractivity contribution is -0.138. The van der Waals surface area contributed by atoms with Crippen LogP contribution >= 0.6 is 18.5 Å². The highest BCUT2D eigenvalue weighted by Crippen LogP contribution is 3.06. The van der Waals surface area contributed by atoms with Gasteiger partial charge in [0.05, 0.1) is 0 Å². The maximum Gasteiger partial charge on any atom is 0.330 e. The molecule has 1 rings (SSSR count). The van der Waals surface area contributed by atoms with Crippen LogP contribution in [0.15, 0.2) is 0 Å². The molecule has 1 fully saturated rings. The number of nitrogens with zero attached hydrogens (tertiary/aromatic N) is 1. The third kappa shape index (κ3) is 1.40. The van der Waals surface area contributed by atoms with Crippen LogP contribution in [0.25, 0.3) is 0 Å². The van der Waals surface area contributed by atoms with Crippen molar-refractivity contribution in [3.05, 3.63) is 0 Å². The molecule has 6 heteroatoms. The normalized spacial score (nSPS) is 33.5. The van der Waals surface area contributed by atoms with Crippen LogP contribution in [0.3, 0.4) is 0 Å². The molecule has 4 nitrogen and oxygen atoms in total. The highest BCUT2D eigenvalue weighted by molar-refractivity contribution is 9.22. The van der Waals surface area contributed by atoms with Crippen LogP contribution < -0.4 is 5.73 Å². The molecule has 0 aromatic rings. The molecule has 0 aliphatic carbocycles. The Morgan fingerprint density at radius 1 is 1.25 bits per heavy atom. The summed E-state index contributed by atoms with van der Waals surface area (Å²) in [7, 11) is -0.968. The molecule has 0 aromatic heterocycles. The van der Waals surface area contributed by atoms with Crippen molar-refractivity contribution in [2.75, 3.05) is 25.0 Å². The Hall–Kier alpha value is -0.360. The van der Waals surface area contributed by atoms with Crippen molar-refractivity contribution < 1.29 is 9.59 Å². The molecule has 1 heterocycles. The average molecular weight is 210 g/mol. The Morgan fingerprint density at radius 3 is 1.67 bits per heavy atom. The first-order valence-corrected chi connectivity index (χ1v) is 8.66. The Labute approximate surface area is 74.8 Å². The van der Waals surface area contributed by atoms with E-state index in [-0.39, 0.29) is 0 Å². The van der Waals surface area contributed by atoms with E-state index in [4.69, 9.17) is 5.73 Å². The molecule has 72 valence electrons. The molecule has 0 unspecified atom stereocenters. The third-order valence-electron chi connectivity index (χ3n) is 1.49. The lowest BCUT2D eigenvalue weighted by atomic mass is 10.6. The quantitative estimate of drug-likeness (QED) is 0.269. The summed E-state index contributed by atoms with van der Waals surface area (Å²) in [6.45, 7) is 0. The summed E-state index contributed by atoms with van der Waals surface area (Å²) in [6, 6.07) is 0. The van der Waals surface area contributed by atoms with E-state index in [2.05, 4.69) is 0 Å². The van der Waals surface area contributed by atoms with Crippen molar-refractivity contribution in [2.24, 2.45) is 5.73 Å². The van der Waals surface area contributed by atoms with Gasteiger partial charge in [-0.1, -0.05) is 0 Å². The Morgan fingerprint density at radius 2 is 1.58 bits per heavy atom. The molecule has 0 radical (unpaired) electrons. The van der Waals surface area contributed by atoms with Crippen LogP contribution in [0.1, 0.15) is 0 Å². The summed E-state index contributed by atoms with van der Waals surface area (Å²) >= 11 is 0. The van der Waals surface area contributed by atoms with Crippen molar-refractivity contribution in [1.82, 2.24) is 3.71 Å². The molecule has 0 saturated carbocycles. The van der Waals surface area contributed by atoms with Crippen LogP contribution in [0.5, 0.6) is 0 Å². The zero-order valence-corrected chi connectivity index (χ0v) is 9.29. The molecule has 12 heavy (non-hydrogen) atoms. The van der Waals surface area contributed by atoms with E-state index in [9.17, 15) is 9.59 Å². The molecule has 2 amide bonds. The van der Waals surface area contributed by atoms with Crippen LogP contribution in [0.4, 0.5) is 0 Å². The number of carbonyl (C=O) groups excluding carboxylic acids is 2. The highest BCUT2D eigenvalue weighted by Gasteiger charge is 2.68. The minimum Gasteiger partial charge on any atom is -0.361 e. The predicted molar refractivity (Wildman–Crippen MR) is 54.9 cm³/mol. The molecule has 0 atom stereocenters. The molecule has 0 bridgehead atoms. The Balaban J connectivity index is 2.92. The van der Waals surface area contributed by atoms with Crippen LogP contribution in [0.2, 0.25) is 0 Å². The lowest BCUT2D eigenvalue weighted by Crippen LogP contribution is -2.34. The van der Waals surface area contributed by atoms with Gasteiger partial charge in [0.15, 0.2) is 0 Å². The minimum atomic E-state index is -2.40. The van der Waals surface area contributed by atoms with E-state index in [0.29, 0.717) is 0 Å². The van der Waals surface area contributed by atoms with Crippen LogP contribution in [-0.2, 0) is 9.59 Å². The van der Waals surface area contributed by atoms with Gasteiger partial charge in [-0.15, -0.1) is 0 Å². The topological polar surface area (TPSA) is 63.2 Å². The number of hydrogen-bond acceptors (Lipinski definition) is 3. The summed E-state index contributed by atoms with van der Waals surface area (Å²) in [6.07, 6.45) is 8.02. The average Bonchev–Trinajstić information content (AvgIpc) is 2.26. The van der Waals surface area contributed by atoms with E-state index in [0.717, 1.165) is 0 Å². The van der Waals surface area contributed by atoms with Gasteiger partial charge < -0.3 is 5.73 Å².